The van der Waals surface area contributed by atoms with E-state index in [9.17, 15) is 4.79 Å². The van der Waals surface area contributed by atoms with Crippen molar-refractivity contribution in [3.63, 3.8) is 0 Å². The summed E-state index contributed by atoms with van der Waals surface area (Å²) >= 11 is 5.99. The number of hydrogen-bond acceptors (Lipinski definition) is 1. The average molecular weight is 271 g/mol. The predicted molar refractivity (Wildman–Crippen MR) is 76.0 cm³/mol. The van der Waals surface area contributed by atoms with E-state index in [4.69, 9.17) is 23.9 Å². The van der Waals surface area contributed by atoms with Gasteiger partial charge < -0.3 is 5.73 Å². The van der Waals surface area contributed by atoms with Gasteiger partial charge >= 0.3 is 0 Å². The summed E-state index contributed by atoms with van der Waals surface area (Å²) in [4.78, 5) is 14.6. The van der Waals surface area contributed by atoms with E-state index in [-0.39, 0.29) is 6.42 Å². The van der Waals surface area contributed by atoms with E-state index < -0.39 is 5.91 Å². The third kappa shape index (κ3) is 2.93. The van der Waals surface area contributed by atoms with E-state index in [0.717, 1.165) is 16.7 Å². The van der Waals surface area contributed by atoms with Gasteiger partial charge in [0.15, 0.2) is 5.69 Å². The van der Waals surface area contributed by atoms with Crippen LogP contribution in [0, 0.1) is 6.57 Å². The van der Waals surface area contributed by atoms with Gasteiger partial charge in [-0.3, -0.25) is 4.79 Å². The molecule has 0 radical (unpaired) electrons. The molecule has 0 fully saturated rings. The van der Waals surface area contributed by atoms with Crippen LogP contribution in [0.1, 0.15) is 5.56 Å². The number of hydrogen-bond donors (Lipinski definition) is 1. The van der Waals surface area contributed by atoms with Gasteiger partial charge in [-0.1, -0.05) is 48.0 Å². The SMILES string of the molecule is [C-]#[N+]c1ccc(Cl)cc1-c1ccccc1CC(N)=O. The lowest BCUT2D eigenvalue weighted by Crippen LogP contribution is -2.14. The lowest BCUT2D eigenvalue weighted by molar-refractivity contribution is -0.117. The molecule has 0 bridgehead atoms. The van der Waals surface area contributed by atoms with Crippen molar-refractivity contribution in [1.29, 1.82) is 0 Å². The van der Waals surface area contributed by atoms with E-state index in [1.807, 2.05) is 24.3 Å². The van der Waals surface area contributed by atoms with Crippen molar-refractivity contribution in [1.82, 2.24) is 0 Å². The number of nitrogens with zero attached hydrogens (tertiary/aromatic N) is 1. The number of primary amides is 1. The second-order valence-electron chi connectivity index (χ2n) is 4.07. The zero-order valence-corrected chi connectivity index (χ0v) is 10.8. The molecule has 1 amide bonds. The molecule has 3 nitrogen and oxygen atoms in total. The first-order valence-electron chi connectivity index (χ1n) is 5.65. The molecular weight excluding hydrogens is 260 g/mol. The molecule has 19 heavy (non-hydrogen) atoms. The third-order valence-corrected chi connectivity index (χ3v) is 2.99. The predicted octanol–water partition coefficient (Wildman–Crippen LogP) is 3.59. The molecule has 0 aromatic heterocycles. The Morgan fingerprint density at radius 1 is 1.21 bits per heavy atom. The molecule has 0 aliphatic carbocycles. The van der Waals surface area contributed by atoms with Crippen LogP contribution in [0.5, 0.6) is 0 Å². The molecule has 2 rings (SSSR count). The van der Waals surface area contributed by atoms with Crippen molar-refractivity contribution >= 4 is 23.2 Å². The number of rotatable bonds is 3. The van der Waals surface area contributed by atoms with Crippen LogP contribution in [0.3, 0.4) is 0 Å². The van der Waals surface area contributed by atoms with E-state index in [2.05, 4.69) is 4.85 Å². The molecule has 0 aliphatic rings. The first-order chi connectivity index (χ1) is 9.11. The Morgan fingerprint density at radius 2 is 1.95 bits per heavy atom. The number of carbonyl (C=O) groups is 1. The molecule has 94 valence electrons. The third-order valence-electron chi connectivity index (χ3n) is 2.75. The smallest absolute Gasteiger partial charge is 0.221 e. The van der Waals surface area contributed by atoms with Crippen LogP contribution in [-0.2, 0) is 11.2 Å². The average Bonchev–Trinajstić information content (AvgIpc) is 2.38. The van der Waals surface area contributed by atoms with Gasteiger partial charge in [-0.2, -0.15) is 0 Å². The highest BCUT2D eigenvalue weighted by molar-refractivity contribution is 6.31. The highest BCUT2D eigenvalue weighted by atomic mass is 35.5. The Labute approximate surface area is 116 Å². The minimum atomic E-state index is -0.404. The molecular formula is C15H11ClN2O. The maximum atomic E-state index is 11.1. The van der Waals surface area contributed by atoms with Gasteiger partial charge in [0.2, 0.25) is 5.91 Å². The summed E-state index contributed by atoms with van der Waals surface area (Å²) in [5.41, 5.74) is 8.08. The lowest BCUT2D eigenvalue weighted by atomic mass is 9.96. The normalized spacial score (nSPS) is 9.89. The number of carbonyl (C=O) groups excluding carboxylic acids is 1. The number of halogens is 1. The van der Waals surface area contributed by atoms with Crippen LogP contribution < -0.4 is 5.73 Å². The highest BCUT2D eigenvalue weighted by Gasteiger charge is 2.11. The molecule has 0 saturated heterocycles. The fraction of sp³-hybridized carbons (Fsp3) is 0.0667. The standard InChI is InChI=1S/C15H11ClN2O/c1-18-14-7-6-11(16)9-13(14)12-5-3-2-4-10(12)8-15(17)19/h2-7,9H,8H2,(H2,17,19). The molecule has 2 aromatic carbocycles. The van der Waals surface area contributed by atoms with Crippen LogP contribution in [0.15, 0.2) is 42.5 Å². The summed E-state index contributed by atoms with van der Waals surface area (Å²) in [6, 6.07) is 12.5. The first kappa shape index (κ1) is 13.1. The number of nitrogens with two attached hydrogens (primary N) is 1. The Kier molecular flexibility index (Phi) is 3.84. The fourth-order valence-electron chi connectivity index (χ4n) is 1.95. The molecule has 0 heterocycles. The zero-order valence-electron chi connectivity index (χ0n) is 10.1. The van der Waals surface area contributed by atoms with Gasteiger partial charge in [0.1, 0.15) is 0 Å². The maximum Gasteiger partial charge on any atom is 0.221 e. The topological polar surface area (TPSA) is 47.5 Å². The second kappa shape index (κ2) is 5.55. The van der Waals surface area contributed by atoms with Crippen molar-refractivity contribution in [2.24, 2.45) is 5.73 Å². The van der Waals surface area contributed by atoms with Crippen molar-refractivity contribution in [2.75, 3.05) is 0 Å². The number of benzene rings is 2. The minimum Gasteiger partial charge on any atom is -0.369 e. The van der Waals surface area contributed by atoms with Crippen molar-refractivity contribution in [3.05, 3.63) is 64.5 Å². The quantitative estimate of drug-likeness (QED) is 0.852. The van der Waals surface area contributed by atoms with E-state index in [1.165, 1.54) is 0 Å². The first-order valence-corrected chi connectivity index (χ1v) is 6.03. The second-order valence-corrected chi connectivity index (χ2v) is 4.51. The Bertz CT molecular complexity index is 674. The molecule has 0 spiro atoms. The fourth-order valence-corrected chi connectivity index (χ4v) is 2.12. The van der Waals surface area contributed by atoms with Crippen LogP contribution in [0.4, 0.5) is 5.69 Å². The van der Waals surface area contributed by atoms with Gasteiger partial charge in [-0.15, -0.1) is 0 Å². The summed E-state index contributed by atoms with van der Waals surface area (Å²) in [5, 5.41) is 0.552. The zero-order chi connectivity index (χ0) is 13.8. The van der Waals surface area contributed by atoms with Crippen LogP contribution in [0.25, 0.3) is 16.0 Å². The maximum absolute atomic E-state index is 11.1. The van der Waals surface area contributed by atoms with E-state index >= 15 is 0 Å². The Morgan fingerprint density at radius 3 is 2.63 bits per heavy atom. The Hall–Kier alpha value is -2.31. The van der Waals surface area contributed by atoms with Gasteiger partial charge in [0.25, 0.3) is 0 Å². The Balaban J connectivity index is 2.62. The molecule has 2 N–H and O–H groups in total. The molecule has 0 saturated carbocycles. The van der Waals surface area contributed by atoms with Crippen LogP contribution in [-0.4, -0.2) is 5.91 Å². The molecule has 0 atom stereocenters. The molecule has 2 aromatic rings. The number of amides is 1. The van der Waals surface area contributed by atoms with Crippen molar-refractivity contribution in [2.45, 2.75) is 6.42 Å². The summed E-state index contributed by atoms with van der Waals surface area (Å²) in [6.45, 7) is 7.21. The summed E-state index contributed by atoms with van der Waals surface area (Å²) < 4.78 is 0. The summed E-state index contributed by atoms with van der Waals surface area (Å²) in [5.74, 6) is -0.404. The van der Waals surface area contributed by atoms with Gasteiger partial charge in [0, 0.05) is 5.02 Å². The van der Waals surface area contributed by atoms with Crippen molar-refractivity contribution < 1.29 is 4.79 Å². The monoisotopic (exact) mass is 270 g/mol. The van der Waals surface area contributed by atoms with Gasteiger partial charge in [0.05, 0.1) is 13.0 Å². The van der Waals surface area contributed by atoms with E-state index in [1.54, 1.807) is 18.2 Å². The molecule has 0 aliphatic heterocycles. The molecule has 4 heteroatoms. The van der Waals surface area contributed by atoms with E-state index in [0.29, 0.717) is 10.7 Å². The van der Waals surface area contributed by atoms with Crippen molar-refractivity contribution in [3.8, 4) is 11.1 Å². The highest BCUT2D eigenvalue weighted by Crippen LogP contribution is 2.35. The molecule has 0 unspecified atom stereocenters. The summed E-state index contributed by atoms with van der Waals surface area (Å²) in [6.07, 6.45) is 0.139. The van der Waals surface area contributed by atoms with Gasteiger partial charge in [-0.25, -0.2) is 4.85 Å². The van der Waals surface area contributed by atoms with Gasteiger partial charge in [-0.05, 0) is 22.8 Å². The van der Waals surface area contributed by atoms with Crippen LogP contribution >= 0.6 is 11.6 Å². The lowest BCUT2D eigenvalue weighted by Gasteiger charge is -2.10. The van der Waals surface area contributed by atoms with Crippen LogP contribution in [0.2, 0.25) is 5.02 Å². The minimum absolute atomic E-state index is 0.139. The largest absolute Gasteiger partial charge is 0.369 e. The summed E-state index contributed by atoms with van der Waals surface area (Å²) in [7, 11) is 0.